The maximum absolute atomic E-state index is 13.3. The molecule has 11 N–H and O–H groups in total. The number of aromatic hydroxyl groups is 3. The number of aliphatic hydroxyl groups is 8. The Hall–Kier alpha value is -3.55. The minimum absolute atomic E-state index is 0.133. The Balaban J connectivity index is 1.69. The summed E-state index contributed by atoms with van der Waals surface area (Å²) >= 11 is 0. The van der Waals surface area contributed by atoms with Gasteiger partial charge in [0.25, 0.3) is 0 Å². The van der Waals surface area contributed by atoms with E-state index in [0.29, 0.717) is 0 Å². The van der Waals surface area contributed by atoms with Gasteiger partial charge in [-0.2, -0.15) is 0 Å². The van der Waals surface area contributed by atoms with Crippen LogP contribution in [0.5, 0.6) is 23.0 Å². The molecule has 0 bridgehead atoms. The molecule has 0 spiro atoms. The van der Waals surface area contributed by atoms with E-state index >= 15 is 0 Å². The molecule has 5 rings (SSSR count). The van der Waals surface area contributed by atoms with E-state index in [0.717, 1.165) is 24.3 Å². The number of ether oxygens (including phenoxy) is 3. The quantitative estimate of drug-likeness (QED) is 0.126. The van der Waals surface area contributed by atoms with Crippen molar-refractivity contribution in [3.05, 3.63) is 46.1 Å². The third kappa shape index (κ3) is 5.38. The van der Waals surface area contributed by atoms with E-state index < -0.39 is 114 Å². The second-order valence-electron chi connectivity index (χ2n) is 10.3. The molecule has 1 aromatic heterocycles. The van der Waals surface area contributed by atoms with Crippen molar-refractivity contribution in [1.29, 1.82) is 0 Å². The Kier molecular flexibility index (Phi) is 8.52. The van der Waals surface area contributed by atoms with Crippen molar-refractivity contribution >= 4 is 11.0 Å². The predicted octanol–water partition coefficient (Wildman–Crippen LogP) is -2.73. The number of rotatable bonds is 6. The summed E-state index contributed by atoms with van der Waals surface area (Å²) in [5.74, 6) is -2.49. The Morgan fingerprint density at radius 1 is 0.721 bits per heavy atom. The lowest BCUT2D eigenvalue weighted by atomic mass is 9.89. The number of aliphatic hydroxyl groups excluding tert-OH is 8. The van der Waals surface area contributed by atoms with Crippen LogP contribution < -0.4 is 10.2 Å². The van der Waals surface area contributed by atoms with Gasteiger partial charge in [-0.1, -0.05) is 0 Å². The Morgan fingerprint density at radius 2 is 1.35 bits per heavy atom. The van der Waals surface area contributed by atoms with Gasteiger partial charge in [-0.15, -0.1) is 0 Å². The largest absolute Gasteiger partial charge is 0.506 e. The Morgan fingerprint density at radius 3 is 1.98 bits per heavy atom. The van der Waals surface area contributed by atoms with Gasteiger partial charge in [0.05, 0.1) is 18.8 Å². The van der Waals surface area contributed by atoms with Gasteiger partial charge in [-0.25, -0.2) is 0 Å². The van der Waals surface area contributed by atoms with Gasteiger partial charge in [0.1, 0.15) is 83.2 Å². The molecule has 3 aromatic rings. The van der Waals surface area contributed by atoms with Crippen LogP contribution in [0.2, 0.25) is 0 Å². The van der Waals surface area contributed by atoms with Crippen LogP contribution in [0.15, 0.2) is 39.5 Å². The molecule has 16 nitrogen and oxygen atoms in total. The van der Waals surface area contributed by atoms with Gasteiger partial charge in [0, 0.05) is 17.7 Å². The molecule has 2 fully saturated rings. The predicted molar refractivity (Wildman–Crippen MR) is 140 cm³/mol. The van der Waals surface area contributed by atoms with Crippen molar-refractivity contribution in [2.75, 3.05) is 13.2 Å². The summed E-state index contributed by atoms with van der Waals surface area (Å²) in [5, 5.41) is 112. The van der Waals surface area contributed by atoms with E-state index in [2.05, 4.69) is 0 Å². The topological polar surface area (TPSA) is 280 Å². The summed E-state index contributed by atoms with van der Waals surface area (Å²) in [4.78, 5) is 13.3. The molecular weight excluding hydrogens is 580 g/mol. The standard InChI is InChI=1S/C27H30O16/c28-6-15-19(33)22(36)24(38)26(41-15)18-14(42-27-25(39)23(37)20(34)16(7-29)43-27)5-13-17(21(18)35)11(32)4-12(40-13)8-1-2-9(30)10(31)3-8/h1-5,15-16,19-20,22-31,33-39H,6-7H2. The molecule has 234 valence electrons. The highest BCUT2D eigenvalue weighted by Crippen LogP contribution is 2.46. The van der Waals surface area contributed by atoms with Crippen LogP contribution in [0.25, 0.3) is 22.3 Å². The summed E-state index contributed by atoms with van der Waals surface area (Å²) in [6.45, 7) is -1.63. The lowest BCUT2D eigenvalue weighted by Crippen LogP contribution is -2.60. The number of benzene rings is 2. The minimum Gasteiger partial charge on any atom is -0.506 e. The zero-order valence-electron chi connectivity index (χ0n) is 22.0. The van der Waals surface area contributed by atoms with Gasteiger partial charge in [0.2, 0.25) is 6.29 Å². The SMILES string of the molecule is O=c1cc(-c2ccc(O)c(O)c2)oc2cc(OC3OC(CO)C(O)C(O)C3O)c(C3OC(CO)C(O)C(O)C3O)c(O)c12. The average Bonchev–Trinajstić information content (AvgIpc) is 2.98. The zero-order chi connectivity index (χ0) is 31.3. The van der Waals surface area contributed by atoms with Crippen molar-refractivity contribution in [1.82, 2.24) is 0 Å². The van der Waals surface area contributed by atoms with Gasteiger partial charge < -0.3 is 74.8 Å². The fourth-order valence-electron chi connectivity index (χ4n) is 5.12. The first-order chi connectivity index (χ1) is 20.4. The highest BCUT2D eigenvalue weighted by Gasteiger charge is 2.48. The van der Waals surface area contributed by atoms with Gasteiger partial charge in [-0.05, 0) is 18.2 Å². The van der Waals surface area contributed by atoms with Crippen LogP contribution >= 0.6 is 0 Å². The molecule has 2 aromatic carbocycles. The monoisotopic (exact) mass is 610 g/mol. The van der Waals surface area contributed by atoms with Crippen molar-refractivity contribution < 1.29 is 74.8 Å². The van der Waals surface area contributed by atoms with E-state index in [1.165, 1.54) is 6.07 Å². The highest BCUT2D eigenvalue weighted by atomic mass is 16.7. The number of hydrogen-bond acceptors (Lipinski definition) is 16. The first-order valence-corrected chi connectivity index (χ1v) is 13.0. The second kappa shape index (κ2) is 11.9. The van der Waals surface area contributed by atoms with Gasteiger partial charge in [0.15, 0.2) is 16.9 Å². The van der Waals surface area contributed by atoms with Gasteiger partial charge in [-0.3, -0.25) is 4.79 Å². The number of fused-ring (bicyclic) bond motifs is 1. The summed E-state index contributed by atoms with van der Waals surface area (Å²) in [6.07, 6.45) is -17.6. The van der Waals surface area contributed by atoms with E-state index in [1.807, 2.05) is 0 Å². The molecule has 2 aliphatic rings. The average molecular weight is 611 g/mol. The molecule has 2 aliphatic heterocycles. The highest BCUT2D eigenvalue weighted by molar-refractivity contribution is 5.88. The Bertz CT molecular complexity index is 1540. The summed E-state index contributed by atoms with van der Waals surface area (Å²) in [7, 11) is 0. The van der Waals surface area contributed by atoms with E-state index in [1.54, 1.807) is 0 Å². The van der Waals surface area contributed by atoms with E-state index in [4.69, 9.17) is 18.6 Å². The number of hydrogen-bond donors (Lipinski definition) is 11. The van der Waals surface area contributed by atoms with Crippen LogP contribution in [0.1, 0.15) is 11.7 Å². The molecule has 0 saturated carbocycles. The number of phenols is 3. The molecule has 0 radical (unpaired) electrons. The minimum atomic E-state index is -1.97. The molecule has 0 amide bonds. The second-order valence-corrected chi connectivity index (χ2v) is 10.3. The zero-order valence-corrected chi connectivity index (χ0v) is 22.0. The van der Waals surface area contributed by atoms with Gasteiger partial charge >= 0.3 is 0 Å². The van der Waals surface area contributed by atoms with E-state index in [9.17, 15) is 61.0 Å². The molecule has 3 heterocycles. The third-order valence-corrected chi connectivity index (χ3v) is 7.52. The van der Waals surface area contributed by atoms with Crippen LogP contribution in [-0.4, -0.2) is 125 Å². The maximum Gasteiger partial charge on any atom is 0.229 e. The first-order valence-electron chi connectivity index (χ1n) is 13.0. The summed E-state index contributed by atoms with van der Waals surface area (Å²) in [6, 6.07) is 5.56. The molecule has 10 atom stereocenters. The first kappa shape index (κ1) is 30.9. The molecule has 43 heavy (non-hydrogen) atoms. The van der Waals surface area contributed by atoms with Crippen LogP contribution in [0.3, 0.4) is 0 Å². The van der Waals surface area contributed by atoms with Crippen molar-refractivity contribution in [2.45, 2.75) is 61.2 Å². The smallest absolute Gasteiger partial charge is 0.229 e. The van der Waals surface area contributed by atoms with Crippen molar-refractivity contribution in [3.8, 4) is 34.3 Å². The maximum atomic E-state index is 13.3. The molecular formula is C27H30O16. The number of phenolic OH excluding ortho intramolecular Hbond substituents is 3. The van der Waals surface area contributed by atoms with Crippen LogP contribution in [0.4, 0.5) is 0 Å². The normalized spacial score (nSPS) is 33.0. The third-order valence-electron chi connectivity index (χ3n) is 7.52. The van der Waals surface area contributed by atoms with Crippen LogP contribution in [0, 0.1) is 0 Å². The van der Waals surface area contributed by atoms with E-state index in [-0.39, 0.29) is 16.9 Å². The molecule has 0 aliphatic carbocycles. The molecule has 2 saturated heterocycles. The summed E-state index contributed by atoms with van der Waals surface area (Å²) in [5.41, 5.74) is -1.56. The molecule has 16 heteroatoms. The lowest BCUT2D eigenvalue weighted by Gasteiger charge is -2.42. The molecule has 10 unspecified atom stereocenters. The Labute approximate surface area is 241 Å². The summed E-state index contributed by atoms with van der Waals surface area (Å²) < 4.78 is 22.5. The lowest BCUT2D eigenvalue weighted by molar-refractivity contribution is -0.278. The van der Waals surface area contributed by atoms with Crippen LogP contribution in [-0.2, 0) is 9.47 Å². The fraction of sp³-hybridized carbons (Fsp3) is 0.444. The van der Waals surface area contributed by atoms with Crippen molar-refractivity contribution in [3.63, 3.8) is 0 Å². The van der Waals surface area contributed by atoms with Crippen molar-refractivity contribution in [2.24, 2.45) is 0 Å². The fourth-order valence-corrected chi connectivity index (χ4v) is 5.12.